The Kier molecular flexibility index (Phi) is 4.80. The summed E-state index contributed by atoms with van der Waals surface area (Å²) in [5, 5.41) is 1.99. The van der Waals surface area contributed by atoms with Crippen LogP contribution in [0.25, 0.3) is 0 Å². The molecule has 160 valence electrons. The third-order valence-electron chi connectivity index (χ3n) is 5.52. The molecule has 2 heterocycles. The molecule has 1 atom stereocenters. The van der Waals surface area contributed by atoms with Gasteiger partial charge in [-0.05, 0) is 40.5 Å². The SMILES string of the molecule is CC(C)OC(=O)N1C2CCCN2C2(C(=O)c3ccccc3C2=O)N1C(=O)OC(C)C. The Morgan fingerprint density at radius 3 is 2.03 bits per heavy atom. The quantitative estimate of drug-likeness (QED) is 0.685. The van der Waals surface area contributed by atoms with Crippen LogP contribution in [-0.2, 0) is 9.47 Å². The van der Waals surface area contributed by atoms with Gasteiger partial charge in [0.2, 0.25) is 17.2 Å². The molecule has 2 aliphatic heterocycles. The number of Topliss-reactive ketones (excluding diaryl/α,β-unsaturated/α-hetero) is 2. The number of ether oxygens (including phenoxy) is 2. The van der Waals surface area contributed by atoms with E-state index >= 15 is 0 Å². The average Bonchev–Trinajstić information content (AvgIpc) is 3.30. The molecule has 0 N–H and O–H groups in total. The van der Waals surface area contributed by atoms with Crippen LogP contribution >= 0.6 is 0 Å². The second-order valence-corrected chi connectivity index (χ2v) is 8.21. The molecule has 1 aromatic carbocycles. The number of ketones is 2. The van der Waals surface area contributed by atoms with Crippen molar-refractivity contribution in [3.8, 4) is 0 Å². The minimum atomic E-state index is -1.98. The van der Waals surface area contributed by atoms with Gasteiger partial charge in [0.05, 0.1) is 12.2 Å². The number of amides is 2. The standard InChI is InChI=1S/C21H25N3O6/c1-12(2)29-19(27)23-16-10-7-11-22(16)21(24(23)20(28)30-13(3)4)17(25)14-8-5-6-9-15(14)18(21)26/h5-6,8-9,12-13,16H,7,10-11H2,1-4H3. The van der Waals surface area contributed by atoms with E-state index in [4.69, 9.17) is 9.47 Å². The Bertz CT molecular complexity index is 892. The fourth-order valence-electron chi connectivity index (χ4n) is 4.53. The molecule has 0 bridgehead atoms. The first-order valence-corrected chi connectivity index (χ1v) is 10.2. The van der Waals surface area contributed by atoms with Crippen molar-refractivity contribution in [3.05, 3.63) is 35.4 Å². The Labute approximate surface area is 174 Å². The Morgan fingerprint density at radius 1 is 0.967 bits per heavy atom. The maximum atomic E-state index is 13.7. The fraction of sp³-hybridized carbons (Fsp3) is 0.524. The van der Waals surface area contributed by atoms with Crippen molar-refractivity contribution < 1.29 is 28.7 Å². The van der Waals surface area contributed by atoms with E-state index in [1.54, 1.807) is 56.9 Å². The Morgan fingerprint density at radius 2 is 1.50 bits per heavy atom. The summed E-state index contributed by atoms with van der Waals surface area (Å²) in [6, 6.07) is 6.47. The van der Waals surface area contributed by atoms with Crippen LogP contribution in [-0.4, -0.2) is 69.3 Å². The summed E-state index contributed by atoms with van der Waals surface area (Å²) in [6.45, 7) is 7.08. The maximum absolute atomic E-state index is 13.7. The first-order valence-electron chi connectivity index (χ1n) is 10.2. The first-order chi connectivity index (χ1) is 14.2. The highest BCUT2D eigenvalue weighted by Crippen LogP contribution is 2.48. The van der Waals surface area contributed by atoms with Gasteiger partial charge in [-0.25, -0.2) is 14.5 Å². The molecule has 2 amide bonds. The number of hydrazine groups is 1. The van der Waals surface area contributed by atoms with E-state index in [9.17, 15) is 19.2 Å². The zero-order chi connectivity index (χ0) is 21.8. The van der Waals surface area contributed by atoms with Crippen molar-refractivity contribution in [1.29, 1.82) is 0 Å². The molecule has 0 aromatic heterocycles. The van der Waals surface area contributed by atoms with Crippen LogP contribution < -0.4 is 0 Å². The van der Waals surface area contributed by atoms with Crippen LogP contribution in [0.1, 0.15) is 61.3 Å². The Hall–Kier alpha value is -2.94. The summed E-state index contributed by atoms with van der Waals surface area (Å²) in [4.78, 5) is 55.2. The van der Waals surface area contributed by atoms with Crippen LogP contribution in [0.5, 0.6) is 0 Å². The van der Waals surface area contributed by atoms with Crippen molar-refractivity contribution in [2.75, 3.05) is 6.54 Å². The van der Waals surface area contributed by atoms with Crippen LogP contribution in [0.2, 0.25) is 0 Å². The van der Waals surface area contributed by atoms with Gasteiger partial charge in [0.1, 0.15) is 6.17 Å². The lowest BCUT2D eigenvalue weighted by atomic mass is 10.0. The van der Waals surface area contributed by atoms with E-state index in [-0.39, 0.29) is 11.1 Å². The molecule has 0 saturated carbocycles. The highest BCUT2D eigenvalue weighted by molar-refractivity contribution is 6.33. The molecule has 1 unspecified atom stereocenters. The number of rotatable bonds is 2. The molecule has 9 heteroatoms. The van der Waals surface area contributed by atoms with E-state index in [0.717, 1.165) is 10.0 Å². The van der Waals surface area contributed by atoms with Gasteiger partial charge in [0.25, 0.3) is 0 Å². The van der Waals surface area contributed by atoms with Gasteiger partial charge in [-0.15, -0.1) is 0 Å². The van der Waals surface area contributed by atoms with Crippen molar-refractivity contribution >= 4 is 23.8 Å². The van der Waals surface area contributed by atoms with E-state index < -0.39 is 47.8 Å². The van der Waals surface area contributed by atoms with Crippen LogP contribution in [0.4, 0.5) is 9.59 Å². The molecule has 2 saturated heterocycles. The predicted octanol–water partition coefficient (Wildman–Crippen LogP) is 2.81. The summed E-state index contributed by atoms with van der Waals surface area (Å²) >= 11 is 0. The van der Waals surface area contributed by atoms with Gasteiger partial charge in [-0.1, -0.05) is 24.3 Å². The minimum Gasteiger partial charge on any atom is -0.445 e. The van der Waals surface area contributed by atoms with Gasteiger partial charge in [-0.3, -0.25) is 9.59 Å². The van der Waals surface area contributed by atoms with Crippen LogP contribution in [0.15, 0.2) is 24.3 Å². The first kappa shape index (κ1) is 20.3. The number of hydrogen-bond donors (Lipinski definition) is 0. The number of fused-ring (bicyclic) bond motifs is 3. The average molecular weight is 415 g/mol. The van der Waals surface area contributed by atoms with Gasteiger partial charge in [0.15, 0.2) is 0 Å². The smallest absolute Gasteiger partial charge is 0.431 e. The minimum absolute atomic E-state index is 0.231. The summed E-state index contributed by atoms with van der Waals surface area (Å²) in [5.41, 5.74) is -1.52. The highest BCUT2D eigenvalue weighted by atomic mass is 16.6. The van der Waals surface area contributed by atoms with Crippen molar-refractivity contribution in [2.24, 2.45) is 0 Å². The zero-order valence-electron chi connectivity index (χ0n) is 17.5. The summed E-state index contributed by atoms with van der Waals surface area (Å²) in [6.07, 6.45) is -2.18. The number of hydrogen-bond acceptors (Lipinski definition) is 7. The van der Waals surface area contributed by atoms with Gasteiger partial charge in [0, 0.05) is 17.7 Å². The fourth-order valence-corrected chi connectivity index (χ4v) is 4.53. The molecule has 0 radical (unpaired) electrons. The lowest BCUT2D eigenvalue weighted by Gasteiger charge is -2.37. The van der Waals surface area contributed by atoms with Crippen molar-refractivity contribution in [3.63, 3.8) is 0 Å². The second-order valence-electron chi connectivity index (χ2n) is 8.21. The topological polar surface area (TPSA) is 96.5 Å². The molecule has 4 rings (SSSR count). The van der Waals surface area contributed by atoms with Gasteiger partial charge < -0.3 is 9.47 Å². The number of nitrogens with zero attached hydrogens (tertiary/aromatic N) is 3. The Balaban J connectivity index is 1.90. The number of benzene rings is 1. The molecular weight excluding hydrogens is 390 g/mol. The molecule has 2 fully saturated rings. The third-order valence-corrected chi connectivity index (χ3v) is 5.52. The number of carbonyl (C=O) groups excluding carboxylic acids is 4. The molecule has 30 heavy (non-hydrogen) atoms. The van der Waals surface area contributed by atoms with E-state index in [0.29, 0.717) is 19.4 Å². The molecule has 3 aliphatic rings. The monoisotopic (exact) mass is 415 g/mol. The van der Waals surface area contributed by atoms with E-state index in [1.165, 1.54) is 0 Å². The number of carbonyl (C=O) groups is 4. The molecule has 1 aliphatic carbocycles. The summed E-state index contributed by atoms with van der Waals surface area (Å²) < 4.78 is 10.7. The van der Waals surface area contributed by atoms with Crippen molar-refractivity contribution in [2.45, 2.75) is 64.6 Å². The maximum Gasteiger partial charge on any atom is 0.431 e. The van der Waals surface area contributed by atoms with Gasteiger partial charge in [-0.2, -0.15) is 10.0 Å². The predicted molar refractivity (Wildman–Crippen MR) is 104 cm³/mol. The van der Waals surface area contributed by atoms with E-state index in [1.807, 2.05) is 0 Å². The summed E-state index contributed by atoms with van der Waals surface area (Å²) in [5.74, 6) is -1.06. The van der Waals surface area contributed by atoms with Crippen molar-refractivity contribution in [1.82, 2.24) is 14.9 Å². The zero-order valence-corrected chi connectivity index (χ0v) is 17.5. The van der Waals surface area contributed by atoms with E-state index in [2.05, 4.69) is 0 Å². The molecule has 1 spiro atoms. The van der Waals surface area contributed by atoms with Gasteiger partial charge >= 0.3 is 12.2 Å². The third kappa shape index (κ3) is 2.64. The largest absolute Gasteiger partial charge is 0.445 e. The second kappa shape index (κ2) is 7.09. The van der Waals surface area contributed by atoms with Crippen LogP contribution in [0.3, 0.4) is 0 Å². The summed E-state index contributed by atoms with van der Waals surface area (Å²) in [7, 11) is 0. The highest BCUT2D eigenvalue weighted by Gasteiger charge is 2.72. The molecular formula is C21H25N3O6. The molecule has 1 aromatic rings. The normalized spacial score (nSPS) is 22.3. The van der Waals surface area contributed by atoms with Crippen LogP contribution in [0, 0.1) is 0 Å². The molecule has 9 nitrogen and oxygen atoms in total. The lowest BCUT2D eigenvalue weighted by Crippen LogP contribution is -2.65. The lowest BCUT2D eigenvalue weighted by molar-refractivity contribution is -0.0492.